The van der Waals surface area contributed by atoms with Gasteiger partial charge in [0, 0.05) is 35.8 Å². The second-order valence-corrected chi connectivity index (χ2v) is 9.51. The van der Waals surface area contributed by atoms with Crippen LogP contribution in [0.4, 0.5) is 5.69 Å². The van der Waals surface area contributed by atoms with E-state index in [4.69, 9.17) is 0 Å². The summed E-state index contributed by atoms with van der Waals surface area (Å²) in [4.78, 5) is 27.6. The summed E-state index contributed by atoms with van der Waals surface area (Å²) in [7, 11) is -3.57. The largest absolute Gasteiger partial charge is 0.322 e. The van der Waals surface area contributed by atoms with E-state index in [9.17, 15) is 18.0 Å². The van der Waals surface area contributed by atoms with E-state index in [1.807, 2.05) is 19.9 Å². The number of sulfonamides is 1. The van der Waals surface area contributed by atoms with Crippen LogP contribution in [0.3, 0.4) is 0 Å². The number of hydrogen-bond donors (Lipinski definition) is 2. The predicted octanol–water partition coefficient (Wildman–Crippen LogP) is 3.93. The van der Waals surface area contributed by atoms with Crippen LogP contribution in [0.15, 0.2) is 58.2 Å². The molecule has 0 atom stereocenters. The number of nitrogens with one attached hydrogen (secondary N) is 2. The van der Waals surface area contributed by atoms with Crippen LogP contribution >= 0.6 is 0 Å². The Balaban J connectivity index is 1.85. The average molecular weight is 442 g/mol. The second kappa shape index (κ2) is 9.03. The Hall–Kier alpha value is -2.97. The SMILES string of the molecule is CCN(CC)S(=O)(=O)c1ccc(C(=O)Nc2ccc3c(C(C)C)cc(=O)[nH]c3c2)cc1. The molecule has 0 saturated heterocycles. The highest BCUT2D eigenvalue weighted by Gasteiger charge is 2.21. The first-order valence-electron chi connectivity index (χ1n) is 10.3. The molecule has 7 nitrogen and oxygen atoms in total. The Labute approximate surface area is 182 Å². The molecule has 0 aliphatic heterocycles. The number of pyridine rings is 1. The molecule has 1 amide bonds. The number of carbonyl (C=O) groups excluding carboxylic acids is 1. The summed E-state index contributed by atoms with van der Waals surface area (Å²) in [5.41, 5.74) is 2.28. The minimum Gasteiger partial charge on any atom is -0.322 e. The molecule has 0 saturated carbocycles. The van der Waals surface area contributed by atoms with Crippen LogP contribution in [0.2, 0.25) is 0 Å². The van der Waals surface area contributed by atoms with Gasteiger partial charge in [-0.3, -0.25) is 9.59 Å². The van der Waals surface area contributed by atoms with Gasteiger partial charge in [0.2, 0.25) is 15.6 Å². The minimum atomic E-state index is -3.57. The normalized spacial score (nSPS) is 11.9. The first-order chi connectivity index (χ1) is 14.7. The first-order valence-corrected chi connectivity index (χ1v) is 11.7. The number of hydrogen-bond acceptors (Lipinski definition) is 4. The van der Waals surface area contributed by atoms with Crippen molar-refractivity contribution in [1.29, 1.82) is 0 Å². The molecule has 0 spiro atoms. The summed E-state index contributed by atoms with van der Waals surface area (Å²) in [6, 6.07) is 12.8. The van der Waals surface area contributed by atoms with E-state index >= 15 is 0 Å². The van der Waals surface area contributed by atoms with Gasteiger partial charge in [-0.05, 0) is 47.9 Å². The smallest absolute Gasteiger partial charge is 0.255 e. The number of carbonyl (C=O) groups is 1. The lowest BCUT2D eigenvalue weighted by Crippen LogP contribution is -2.30. The van der Waals surface area contributed by atoms with E-state index in [1.165, 1.54) is 28.6 Å². The van der Waals surface area contributed by atoms with Gasteiger partial charge in [0.15, 0.2) is 0 Å². The number of amides is 1. The molecule has 0 radical (unpaired) electrons. The van der Waals surface area contributed by atoms with E-state index < -0.39 is 10.0 Å². The fraction of sp³-hybridized carbons (Fsp3) is 0.304. The molecular formula is C23H27N3O4S. The van der Waals surface area contributed by atoms with E-state index in [1.54, 1.807) is 32.0 Å². The number of nitrogens with zero attached hydrogens (tertiary/aromatic N) is 1. The Morgan fingerprint density at radius 2 is 1.68 bits per heavy atom. The van der Waals surface area contributed by atoms with Gasteiger partial charge in [-0.2, -0.15) is 4.31 Å². The molecule has 0 fully saturated rings. The zero-order valence-electron chi connectivity index (χ0n) is 18.1. The van der Waals surface area contributed by atoms with Crippen molar-refractivity contribution in [1.82, 2.24) is 9.29 Å². The van der Waals surface area contributed by atoms with Crippen LogP contribution < -0.4 is 10.9 Å². The van der Waals surface area contributed by atoms with Crippen LogP contribution in [0.1, 0.15) is 49.5 Å². The van der Waals surface area contributed by atoms with Crippen molar-refractivity contribution in [2.24, 2.45) is 0 Å². The van der Waals surface area contributed by atoms with Gasteiger partial charge in [0.05, 0.1) is 10.4 Å². The van der Waals surface area contributed by atoms with Crippen molar-refractivity contribution in [2.45, 2.75) is 38.5 Å². The number of aromatic nitrogens is 1. The van der Waals surface area contributed by atoms with Crippen LogP contribution in [-0.4, -0.2) is 36.7 Å². The summed E-state index contributed by atoms with van der Waals surface area (Å²) >= 11 is 0. The molecule has 31 heavy (non-hydrogen) atoms. The summed E-state index contributed by atoms with van der Waals surface area (Å²) in [6.07, 6.45) is 0. The topological polar surface area (TPSA) is 99.3 Å². The van der Waals surface area contributed by atoms with E-state index in [2.05, 4.69) is 10.3 Å². The highest BCUT2D eigenvalue weighted by atomic mass is 32.2. The van der Waals surface area contributed by atoms with Crippen molar-refractivity contribution >= 4 is 32.5 Å². The third kappa shape index (κ3) is 4.70. The lowest BCUT2D eigenvalue weighted by molar-refractivity contribution is 0.102. The zero-order chi connectivity index (χ0) is 22.8. The number of aromatic amines is 1. The number of anilines is 1. The molecular weight excluding hydrogens is 414 g/mol. The molecule has 0 unspecified atom stereocenters. The third-order valence-corrected chi connectivity index (χ3v) is 7.28. The Morgan fingerprint density at radius 3 is 2.26 bits per heavy atom. The van der Waals surface area contributed by atoms with E-state index in [0.717, 1.165) is 10.9 Å². The van der Waals surface area contributed by atoms with Gasteiger partial charge in [0.25, 0.3) is 5.91 Å². The molecule has 3 aromatic rings. The van der Waals surface area contributed by atoms with Crippen LogP contribution in [0, 0.1) is 0 Å². The molecule has 0 bridgehead atoms. The van der Waals surface area contributed by atoms with Crippen molar-refractivity contribution in [3.05, 3.63) is 70.0 Å². The molecule has 1 aromatic heterocycles. The van der Waals surface area contributed by atoms with Crippen molar-refractivity contribution in [3.63, 3.8) is 0 Å². The maximum atomic E-state index is 12.7. The zero-order valence-corrected chi connectivity index (χ0v) is 18.9. The number of rotatable bonds is 7. The average Bonchev–Trinajstić information content (AvgIpc) is 2.73. The number of fused-ring (bicyclic) bond motifs is 1. The summed E-state index contributed by atoms with van der Waals surface area (Å²) in [5, 5.41) is 3.73. The van der Waals surface area contributed by atoms with Crippen molar-refractivity contribution < 1.29 is 13.2 Å². The van der Waals surface area contributed by atoms with Crippen molar-refractivity contribution in [3.8, 4) is 0 Å². The van der Waals surface area contributed by atoms with Crippen LogP contribution in [0.25, 0.3) is 10.9 Å². The molecule has 2 aromatic carbocycles. The monoisotopic (exact) mass is 441 g/mol. The third-order valence-electron chi connectivity index (χ3n) is 5.21. The quantitative estimate of drug-likeness (QED) is 0.580. The fourth-order valence-corrected chi connectivity index (χ4v) is 4.99. The molecule has 164 valence electrons. The van der Waals surface area contributed by atoms with Gasteiger partial charge in [-0.25, -0.2) is 8.42 Å². The maximum Gasteiger partial charge on any atom is 0.255 e. The Morgan fingerprint density at radius 1 is 1.03 bits per heavy atom. The number of benzene rings is 2. The lowest BCUT2D eigenvalue weighted by atomic mass is 9.99. The van der Waals surface area contributed by atoms with Gasteiger partial charge >= 0.3 is 0 Å². The molecule has 2 N–H and O–H groups in total. The summed E-state index contributed by atoms with van der Waals surface area (Å²) in [6.45, 7) is 8.36. The highest BCUT2D eigenvalue weighted by Crippen LogP contribution is 2.25. The maximum absolute atomic E-state index is 12.7. The van der Waals surface area contributed by atoms with Gasteiger partial charge in [0.1, 0.15) is 0 Å². The molecule has 8 heteroatoms. The standard InChI is InChI=1S/C23H27N3O4S/c1-5-26(6-2)31(29,30)18-10-7-16(8-11-18)23(28)24-17-9-12-19-20(15(3)4)14-22(27)25-21(19)13-17/h7-15H,5-6H2,1-4H3,(H,24,28)(H,25,27). The lowest BCUT2D eigenvalue weighted by Gasteiger charge is -2.18. The van der Waals surface area contributed by atoms with Crippen molar-refractivity contribution in [2.75, 3.05) is 18.4 Å². The highest BCUT2D eigenvalue weighted by molar-refractivity contribution is 7.89. The summed E-state index contributed by atoms with van der Waals surface area (Å²) < 4.78 is 26.5. The predicted molar refractivity (Wildman–Crippen MR) is 123 cm³/mol. The molecule has 0 aliphatic rings. The second-order valence-electron chi connectivity index (χ2n) is 7.57. The van der Waals surface area contributed by atoms with Gasteiger partial charge < -0.3 is 10.3 Å². The Kier molecular flexibility index (Phi) is 6.62. The van der Waals surface area contributed by atoms with E-state index in [-0.39, 0.29) is 22.3 Å². The summed E-state index contributed by atoms with van der Waals surface area (Å²) in [5.74, 6) is -0.176. The Bertz CT molecular complexity index is 1260. The number of H-pyrrole nitrogens is 1. The van der Waals surface area contributed by atoms with E-state index in [0.29, 0.717) is 29.9 Å². The van der Waals surface area contributed by atoms with Crippen LogP contribution in [-0.2, 0) is 10.0 Å². The molecule has 3 rings (SSSR count). The first kappa shape index (κ1) is 22.7. The van der Waals surface area contributed by atoms with Gasteiger partial charge in [-0.15, -0.1) is 0 Å². The minimum absolute atomic E-state index is 0.150. The fourth-order valence-electron chi connectivity index (χ4n) is 3.54. The van der Waals surface area contributed by atoms with Gasteiger partial charge in [-0.1, -0.05) is 33.8 Å². The molecule has 0 aliphatic carbocycles. The molecule has 1 heterocycles. The van der Waals surface area contributed by atoms with Crippen LogP contribution in [0.5, 0.6) is 0 Å².